The van der Waals surface area contributed by atoms with Crippen LogP contribution in [-0.2, 0) is 4.74 Å². The van der Waals surface area contributed by atoms with Gasteiger partial charge >= 0.3 is 6.09 Å². The Morgan fingerprint density at radius 1 is 1.09 bits per heavy atom. The van der Waals surface area contributed by atoms with E-state index in [9.17, 15) is 14.9 Å². The molecule has 0 atom stereocenters. The van der Waals surface area contributed by atoms with E-state index >= 15 is 0 Å². The van der Waals surface area contributed by atoms with Crippen LogP contribution < -0.4 is 4.90 Å². The van der Waals surface area contributed by atoms with Crippen molar-refractivity contribution in [2.45, 2.75) is 26.4 Å². The van der Waals surface area contributed by atoms with Gasteiger partial charge in [0, 0.05) is 42.1 Å². The number of hydrogen-bond acceptors (Lipinski definition) is 7. The fourth-order valence-electron chi connectivity index (χ4n) is 3.70. The number of carbonyl (C=O) groups is 1. The fraction of sp³-hybridized carbons (Fsp3) is 0.348. The summed E-state index contributed by atoms with van der Waals surface area (Å²) in [5.74, 6) is 0.972. The van der Waals surface area contributed by atoms with Gasteiger partial charge in [0.05, 0.1) is 16.0 Å². The number of anilines is 1. The summed E-state index contributed by atoms with van der Waals surface area (Å²) in [5.41, 5.74) is 0.449. The first-order valence-corrected chi connectivity index (χ1v) is 11.4. The Bertz CT molecular complexity index is 1220. The van der Waals surface area contributed by atoms with Gasteiger partial charge in [-0.25, -0.2) is 14.8 Å². The maximum atomic E-state index is 12.4. The molecule has 1 saturated heterocycles. The zero-order chi connectivity index (χ0) is 23.8. The number of nitro groups is 1. The molecule has 10 heteroatoms. The van der Waals surface area contributed by atoms with Crippen molar-refractivity contribution >= 4 is 44.4 Å². The molecular weight excluding hydrogens is 490 g/mol. The van der Waals surface area contributed by atoms with Gasteiger partial charge in [-0.2, -0.15) is 0 Å². The van der Waals surface area contributed by atoms with Crippen molar-refractivity contribution in [3.63, 3.8) is 0 Å². The first-order valence-electron chi connectivity index (χ1n) is 10.6. The lowest BCUT2D eigenvalue weighted by Crippen LogP contribution is -2.50. The highest BCUT2D eigenvalue weighted by Gasteiger charge is 2.28. The molecule has 0 radical (unpaired) electrons. The van der Waals surface area contributed by atoms with Gasteiger partial charge in [-0.1, -0.05) is 28.1 Å². The molecule has 0 spiro atoms. The summed E-state index contributed by atoms with van der Waals surface area (Å²) in [7, 11) is 0. The average Bonchev–Trinajstić information content (AvgIpc) is 2.77. The number of halogens is 1. The highest BCUT2D eigenvalue weighted by molar-refractivity contribution is 9.10. The normalized spacial score (nSPS) is 14.4. The number of fused-ring (bicyclic) bond motifs is 1. The predicted octanol–water partition coefficient (Wildman–Crippen LogP) is 5.02. The van der Waals surface area contributed by atoms with Crippen LogP contribution in [0.2, 0.25) is 0 Å². The van der Waals surface area contributed by atoms with Crippen molar-refractivity contribution in [3.8, 4) is 11.4 Å². The van der Waals surface area contributed by atoms with E-state index in [1.165, 1.54) is 6.07 Å². The Morgan fingerprint density at radius 3 is 2.45 bits per heavy atom. The van der Waals surface area contributed by atoms with E-state index < -0.39 is 10.5 Å². The molecule has 0 saturated carbocycles. The van der Waals surface area contributed by atoms with Crippen LogP contribution in [0.15, 0.2) is 46.9 Å². The van der Waals surface area contributed by atoms with Gasteiger partial charge in [-0.05, 0) is 45.0 Å². The van der Waals surface area contributed by atoms with Crippen LogP contribution in [0.5, 0.6) is 0 Å². The number of amides is 1. The summed E-state index contributed by atoms with van der Waals surface area (Å²) in [4.78, 5) is 36.7. The van der Waals surface area contributed by atoms with Crippen LogP contribution in [0.25, 0.3) is 22.3 Å². The van der Waals surface area contributed by atoms with Crippen molar-refractivity contribution in [2.24, 2.45) is 0 Å². The summed E-state index contributed by atoms with van der Waals surface area (Å²) in [6.45, 7) is 7.59. The summed E-state index contributed by atoms with van der Waals surface area (Å²) in [5, 5.41) is 12.4. The second kappa shape index (κ2) is 8.93. The highest BCUT2D eigenvalue weighted by atomic mass is 79.9. The number of benzene rings is 2. The molecule has 1 aliphatic heterocycles. The minimum atomic E-state index is -0.553. The maximum absolute atomic E-state index is 12.4. The molecule has 0 aliphatic carbocycles. The Balaban J connectivity index is 1.70. The summed E-state index contributed by atoms with van der Waals surface area (Å²) in [6, 6.07) is 12.1. The molecule has 1 amide bonds. The second-order valence-corrected chi connectivity index (χ2v) is 9.68. The average molecular weight is 514 g/mol. The molecule has 0 N–H and O–H groups in total. The Kier molecular flexibility index (Phi) is 6.20. The van der Waals surface area contributed by atoms with E-state index in [1.807, 2.05) is 39.0 Å². The standard InChI is InChI=1S/C23H24BrN5O4/c1-23(2,3)33-22(30)28-12-10-27(11-13-28)21-17-14-15(24)8-9-18(17)25-20(26-21)16-6-4-5-7-19(16)29(31)32/h4-9,14H,10-13H2,1-3H3. The molecule has 2 aromatic carbocycles. The first kappa shape index (κ1) is 22.9. The molecule has 0 unspecified atom stereocenters. The SMILES string of the molecule is CC(C)(C)OC(=O)N1CCN(c2nc(-c3ccccc3[N+](=O)[O-])nc3ccc(Br)cc23)CC1. The van der Waals surface area contributed by atoms with E-state index in [2.05, 4.69) is 25.8 Å². The van der Waals surface area contributed by atoms with Crippen molar-refractivity contribution in [1.82, 2.24) is 14.9 Å². The van der Waals surface area contributed by atoms with E-state index in [-0.39, 0.29) is 11.8 Å². The third-order valence-corrected chi connectivity index (χ3v) is 5.70. The molecule has 33 heavy (non-hydrogen) atoms. The van der Waals surface area contributed by atoms with Crippen molar-refractivity contribution < 1.29 is 14.5 Å². The largest absolute Gasteiger partial charge is 0.444 e. The number of nitrogens with zero attached hydrogens (tertiary/aromatic N) is 5. The quantitative estimate of drug-likeness (QED) is 0.357. The van der Waals surface area contributed by atoms with Gasteiger partial charge in [0.25, 0.3) is 5.69 Å². The zero-order valence-electron chi connectivity index (χ0n) is 18.6. The number of rotatable bonds is 3. The number of aromatic nitrogens is 2. The lowest BCUT2D eigenvalue weighted by molar-refractivity contribution is -0.384. The monoisotopic (exact) mass is 513 g/mol. The van der Waals surface area contributed by atoms with Gasteiger partial charge in [-0.15, -0.1) is 0 Å². The molecule has 1 fully saturated rings. The van der Waals surface area contributed by atoms with Crippen molar-refractivity contribution in [2.75, 3.05) is 31.1 Å². The smallest absolute Gasteiger partial charge is 0.410 e. The lowest BCUT2D eigenvalue weighted by Gasteiger charge is -2.36. The minimum absolute atomic E-state index is 0.0466. The molecule has 1 aliphatic rings. The molecule has 9 nitrogen and oxygen atoms in total. The lowest BCUT2D eigenvalue weighted by atomic mass is 10.1. The zero-order valence-corrected chi connectivity index (χ0v) is 20.2. The molecular formula is C23H24BrN5O4. The topological polar surface area (TPSA) is 102 Å². The summed E-state index contributed by atoms with van der Waals surface area (Å²) >= 11 is 3.51. The maximum Gasteiger partial charge on any atom is 0.410 e. The summed E-state index contributed by atoms with van der Waals surface area (Å²) < 4.78 is 6.37. The number of para-hydroxylation sites is 1. The summed E-state index contributed by atoms with van der Waals surface area (Å²) in [6.07, 6.45) is -0.335. The third kappa shape index (κ3) is 5.05. The van der Waals surface area contributed by atoms with Crippen LogP contribution in [0.4, 0.5) is 16.3 Å². The predicted molar refractivity (Wildman–Crippen MR) is 129 cm³/mol. The van der Waals surface area contributed by atoms with Gasteiger partial charge in [-0.3, -0.25) is 10.1 Å². The van der Waals surface area contributed by atoms with Crippen LogP contribution >= 0.6 is 15.9 Å². The van der Waals surface area contributed by atoms with Crippen molar-refractivity contribution in [1.29, 1.82) is 0 Å². The Labute approximate surface area is 199 Å². The van der Waals surface area contributed by atoms with Gasteiger partial charge in [0.15, 0.2) is 5.82 Å². The highest BCUT2D eigenvalue weighted by Crippen LogP contribution is 2.33. The van der Waals surface area contributed by atoms with E-state index in [1.54, 1.807) is 23.1 Å². The van der Waals surface area contributed by atoms with Crippen LogP contribution in [0.1, 0.15) is 20.8 Å². The molecule has 172 valence electrons. The van der Waals surface area contributed by atoms with Crippen LogP contribution in [-0.4, -0.2) is 57.7 Å². The minimum Gasteiger partial charge on any atom is -0.444 e. The number of piperazine rings is 1. The van der Waals surface area contributed by atoms with Gasteiger partial charge in [0.2, 0.25) is 0 Å². The number of carbonyl (C=O) groups excluding carboxylic acids is 1. The number of ether oxygens (including phenoxy) is 1. The number of nitro benzene ring substituents is 1. The van der Waals surface area contributed by atoms with E-state index in [0.29, 0.717) is 48.9 Å². The molecule has 0 bridgehead atoms. The van der Waals surface area contributed by atoms with Gasteiger partial charge in [0.1, 0.15) is 11.4 Å². The fourth-order valence-corrected chi connectivity index (χ4v) is 4.06. The van der Waals surface area contributed by atoms with E-state index in [0.717, 1.165) is 9.86 Å². The first-order chi connectivity index (χ1) is 15.6. The van der Waals surface area contributed by atoms with Crippen LogP contribution in [0.3, 0.4) is 0 Å². The molecule has 1 aromatic heterocycles. The Morgan fingerprint density at radius 2 is 1.79 bits per heavy atom. The van der Waals surface area contributed by atoms with Gasteiger partial charge < -0.3 is 14.5 Å². The van der Waals surface area contributed by atoms with E-state index in [4.69, 9.17) is 9.72 Å². The van der Waals surface area contributed by atoms with Crippen LogP contribution in [0, 0.1) is 10.1 Å². The Hall–Kier alpha value is -3.27. The van der Waals surface area contributed by atoms with Crippen molar-refractivity contribution in [3.05, 3.63) is 57.1 Å². The molecule has 4 rings (SSSR count). The number of hydrogen-bond donors (Lipinski definition) is 0. The molecule has 2 heterocycles. The molecule has 3 aromatic rings. The third-order valence-electron chi connectivity index (χ3n) is 5.21. The second-order valence-electron chi connectivity index (χ2n) is 8.76.